The van der Waals surface area contributed by atoms with E-state index in [1.165, 1.54) is 11.3 Å². The molecule has 1 aromatic rings. The van der Waals surface area contributed by atoms with Gasteiger partial charge in [-0.1, -0.05) is 18.3 Å². The monoisotopic (exact) mass is 255 g/mol. The quantitative estimate of drug-likeness (QED) is 0.660. The van der Waals surface area contributed by atoms with Crippen molar-refractivity contribution in [1.29, 1.82) is 0 Å². The van der Waals surface area contributed by atoms with Gasteiger partial charge in [0.1, 0.15) is 0 Å². The molecule has 1 fully saturated rings. The van der Waals surface area contributed by atoms with E-state index in [1.807, 2.05) is 5.38 Å². The first-order valence-corrected chi connectivity index (χ1v) is 6.62. The number of hydrogen-bond acceptors (Lipinski definition) is 5. The van der Waals surface area contributed by atoms with Crippen molar-refractivity contribution in [2.24, 2.45) is 11.7 Å². The largest absolute Gasteiger partial charge is 0.327 e. The Morgan fingerprint density at radius 2 is 2.41 bits per heavy atom. The van der Waals surface area contributed by atoms with E-state index >= 15 is 0 Å². The zero-order chi connectivity index (χ0) is 12.4. The van der Waals surface area contributed by atoms with E-state index in [2.05, 4.69) is 11.8 Å². The molecule has 94 valence electrons. The Kier molecular flexibility index (Phi) is 3.76. The lowest BCUT2D eigenvalue weighted by atomic mass is 9.96. The predicted molar refractivity (Wildman–Crippen MR) is 68.0 cm³/mol. The number of piperidine rings is 1. The van der Waals surface area contributed by atoms with Crippen LogP contribution < -0.4 is 5.73 Å². The molecule has 2 unspecified atom stereocenters. The molecule has 0 amide bonds. The van der Waals surface area contributed by atoms with Crippen LogP contribution in [0.4, 0.5) is 5.00 Å². The minimum atomic E-state index is -0.335. The van der Waals surface area contributed by atoms with Crippen LogP contribution in [0, 0.1) is 16.0 Å². The lowest BCUT2D eigenvalue weighted by Gasteiger charge is -2.34. The Hall–Kier alpha value is -0.980. The van der Waals surface area contributed by atoms with E-state index in [4.69, 9.17) is 5.73 Å². The molecule has 2 atom stereocenters. The first-order chi connectivity index (χ1) is 8.04. The van der Waals surface area contributed by atoms with Gasteiger partial charge in [-0.25, -0.2) is 0 Å². The minimum absolute atomic E-state index is 0.217. The fraction of sp³-hybridized carbons (Fsp3) is 0.636. The maximum Gasteiger partial charge on any atom is 0.324 e. The maximum atomic E-state index is 10.6. The summed E-state index contributed by atoms with van der Waals surface area (Å²) in [6.45, 7) is 4.87. The first kappa shape index (κ1) is 12.5. The number of nitrogens with zero attached hydrogens (tertiary/aromatic N) is 2. The molecule has 17 heavy (non-hydrogen) atoms. The molecule has 0 spiro atoms. The summed E-state index contributed by atoms with van der Waals surface area (Å²) in [7, 11) is 0. The Bertz CT molecular complexity index is 397. The van der Waals surface area contributed by atoms with Crippen LogP contribution in [0.25, 0.3) is 0 Å². The standard InChI is InChI=1S/C11H17N3O2S/c1-8-2-10(12)6-13(4-8)5-9-3-11(14(15)16)17-7-9/h3,7-8,10H,2,4-6,12H2,1H3. The van der Waals surface area contributed by atoms with Gasteiger partial charge >= 0.3 is 5.00 Å². The van der Waals surface area contributed by atoms with Crippen molar-refractivity contribution in [3.8, 4) is 0 Å². The molecule has 2 N–H and O–H groups in total. The molecule has 5 nitrogen and oxygen atoms in total. The Balaban J connectivity index is 1.97. The van der Waals surface area contributed by atoms with Crippen molar-refractivity contribution >= 4 is 16.3 Å². The number of rotatable bonds is 3. The molecule has 0 radical (unpaired) electrons. The maximum absolute atomic E-state index is 10.6. The van der Waals surface area contributed by atoms with Gasteiger partial charge in [-0.15, -0.1) is 0 Å². The van der Waals surface area contributed by atoms with E-state index in [1.54, 1.807) is 6.07 Å². The lowest BCUT2D eigenvalue weighted by Crippen LogP contribution is -2.45. The minimum Gasteiger partial charge on any atom is -0.327 e. The molecular formula is C11H17N3O2S. The third-order valence-electron chi connectivity index (χ3n) is 2.99. The van der Waals surface area contributed by atoms with Gasteiger partial charge in [0.2, 0.25) is 0 Å². The van der Waals surface area contributed by atoms with Gasteiger partial charge in [0.15, 0.2) is 0 Å². The highest BCUT2D eigenvalue weighted by Gasteiger charge is 2.22. The molecule has 2 heterocycles. The summed E-state index contributed by atoms with van der Waals surface area (Å²) >= 11 is 1.19. The van der Waals surface area contributed by atoms with Crippen LogP contribution in [0.5, 0.6) is 0 Å². The van der Waals surface area contributed by atoms with E-state index in [-0.39, 0.29) is 16.0 Å². The Morgan fingerprint density at radius 3 is 3.00 bits per heavy atom. The molecule has 0 aliphatic carbocycles. The molecule has 6 heteroatoms. The van der Waals surface area contributed by atoms with Crippen LogP contribution in [0.1, 0.15) is 18.9 Å². The van der Waals surface area contributed by atoms with Crippen molar-refractivity contribution in [2.45, 2.75) is 25.9 Å². The number of thiophene rings is 1. The fourth-order valence-corrected chi connectivity index (χ4v) is 3.16. The summed E-state index contributed by atoms with van der Waals surface area (Å²) in [4.78, 5) is 12.5. The number of nitro groups is 1. The molecule has 0 saturated carbocycles. The van der Waals surface area contributed by atoms with E-state index in [9.17, 15) is 10.1 Å². The SMILES string of the molecule is CC1CC(N)CN(Cc2csc([N+](=O)[O-])c2)C1. The summed E-state index contributed by atoms with van der Waals surface area (Å²) in [6, 6.07) is 1.89. The third kappa shape index (κ3) is 3.24. The van der Waals surface area contributed by atoms with Crippen LogP contribution in [0.3, 0.4) is 0 Å². The highest BCUT2D eigenvalue weighted by Crippen LogP contribution is 2.25. The topological polar surface area (TPSA) is 72.4 Å². The normalized spacial score (nSPS) is 26.0. The zero-order valence-corrected chi connectivity index (χ0v) is 10.7. The van der Waals surface area contributed by atoms with Crippen molar-refractivity contribution in [3.63, 3.8) is 0 Å². The molecule has 1 saturated heterocycles. The Morgan fingerprint density at radius 1 is 1.65 bits per heavy atom. The van der Waals surface area contributed by atoms with Crippen LogP contribution in [-0.4, -0.2) is 29.0 Å². The summed E-state index contributed by atoms with van der Waals surface area (Å²) in [5.74, 6) is 0.604. The molecule has 0 aromatic carbocycles. The van der Waals surface area contributed by atoms with Gasteiger partial charge in [-0.05, 0) is 17.9 Å². The molecule has 1 aromatic heterocycles. The van der Waals surface area contributed by atoms with Crippen LogP contribution in [-0.2, 0) is 6.54 Å². The second-order valence-corrected chi connectivity index (χ2v) is 5.74. The average Bonchev–Trinajstić information content (AvgIpc) is 2.64. The van der Waals surface area contributed by atoms with Gasteiger partial charge in [-0.3, -0.25) is 15.0 Å². The third-order valence-corrected chi connectivity index (χ3v) is 3.92. The molecule has 1 aliphatic heterocycles. The van der Waals surface area contributed by atoms with Crippen molar-refractivity contribution in [1.82, 2.24) is 4.90 Å². The highest BCUT2D eigenvalue weighted by molar-refractivity contribution is 7.13. The van der Waals surface area contributed by atoms with Crippen LogP contribution in [0.15, 0.2) is 11.4 Å². The van der Waals surface area contributed by atoms with Gasteiger partial charge < -0.3 is 5.73 Å². The lowest BCUT2D eigenvalue weighted by molar-refractivity contribution is -0.380. The van der Waals surface area contributed by atoms with E-state index in [0.717, 1.165) is 31.6 Å². The second kappa shape index (κ2) is 5.12. The summed E-state index contributed by atoms with van der Waals surface area (Å²) in [6.07, 6.45) is 1.07. The fourth-order valence-electron chi connectivity index (χ4n) is 2.44. The number of hydrogen-bond donors (Lipinski definition) is 1. The number of nitrogens with two attached hydrogens (primary N) is 1. The smallest absolute Gasteiger partial charge is 0.324 e. The van der Waals surface area contributed by atoms with Gasteiger partial charge in [0, 0.05) is 37.1 Å². The van der Waals surface area contributed by atoms with Gasteiger partial charge in [0.05, 0.1) is 4.92 Å². The average molecular weight is 255 g/mol. The molecule has 1 aliphatic rings. The summed E-state index contributed by atoms with van der Waals surface area (Å²) < 4.78 is 0. The van der Waals surface area contributed by atoms with E-state index < -0.39 is 0 Å². The number of likely N-dealkylation sites (tertiary alicyclic amines) is 1. The molecule has 2 rings (SSSR count). The van der Waals surface area contributed by atoms with Crippen LogP contribution >= 0.6 is 11.3 Å². The summed E-state index contributed by atoms with van der Waals surface area (Å²) in [5.41, 5.74) is 6.99. The van der Waals surface area contributed by atoms with Crippen molar-refractivity contribution < 1.29 is 4.92 Å². The first-order valence-electron chi connectivity index (χ1n) is 5.74. The predicted octanol–water partition coefficient (Wildman–Crippen LogP) is 1.83. The van der Waals surface area contributed by atoms with Gasteiger partial charge in [-0.2, -0.15) is 0 Å². The molecular weight excluding hydrogens is 238 g/mol. The van der Waals surface area contributed by atoms with Crippen molar-refractivity contribution in [2.75, 3.05) is 13.1 Å². The van der Waals surface area contributed by atoms with Gasteiger partial charge in [0.25, 0.3) is 0 Å². The second-order valence-electron chi connectivity index (χ2n) is 4.85. The van der Waals surface area contributed by atoms with Crippen LogP contribution in [0.2, 0.25) is 0 Å². The molecule has 0 bridgehead atoms. The highest BCUT2D eigenvalue weighted by atomic mass is 32.1. The van der Waals surface area contributed by atoms with Crippen molar-refractivity contribution in [3.05, 3.63) is 27.1 Å². The van der Waals surface area contributed by atoms with E-state index in [0.29, 0.717) is 5.92 Å². The zero-order valence-electron chi connectivity index (χ0n) is 9.83. The summed E-state index contributed by atoms with van der Waals surface area (Å²) in [5, 5.41) is 12.7. The Labute approximate surface area is 104 Å².